The fraction of sp³-hybridized carbons (Fsp3) is 0.529. The highest BCUT2D eigenvalue weighted by Gasteiger charge is 2.06. The largest absolute Gasteiger partial charge is 0.389 e. The molecular weight excluding hydrogens is 280 g/mol. The quantitative estimate of drug-likeness (QED) is 0.528. The van der Waals surface area contributed by atoms with Crippen molar-refractivity contribution in [2.75, 3.05) is 5.32 Å². The summed E-state index contributed by atoms with van der Waals surface area (Å²) >= 11 is 4.96. The number of hydrogen-bond donors (Lipinski definition) is 2. The van der Waals surface area contributed by atoms with Gasteiger partial charge in [-0.3, -0.25) is 4.79 Å². The normalized spacial score (nSPS) is 10.4. The summed E-state index contributed by atoms with van der Waals surface area (Å²) in [7, 11) is 0. The van der Waals surface area contributed by atoms with Gasteiger partial charge in [0.1, 0.15) is 4.99 Å². The number of nitrogens with one attached hydrogen (secondary N) is 1. The molecule has 3 nitrogen and oxygen atoms in total. The van der Waals surface area contributed by atoms with Gasteiger partial charge in [0.2, 0.25) is 5.91 Å². The van der Waals surface area contributed by atoms with E-state index < -0.39 is 0 Å². The summed E-state index contributed by atoms with van der Waals surface area (Å²) in [5.74, 6) is 0.0636. The molecule has 1 amide bonds. The third-order valence-electron chi connectivity index (χ3n) is 3.55. The highest BCUT2D eigenvalue weighted by molar-refractivity contribution is 7.80. The number of unbranched alkanes of at least 4 members (excludes halogenated alkanes) is 5. The molecule has 0 saturated heterocycles. The highest BCUT2D eigenvalue weighted by Crippen LogP contribution is 2.17. The van der Waals surface area contributed by atoms with Crippen molar-refractivity contribution in [1.29, 1.82) is 0 Å². The standard InChI is InChI=1S/C17H26N2OS/c1-3-4-5-6-7-8-9-16(20)19-15-12-14(17(18)21)11-10-13(15)2/h10-12H,3-9H2,1-2H3,(H2,18,21)(H,19,20). The minimum absolute atomic E-state index is 0.0636. The second kappa shape index (κ2) is 9.50. The Morgan fingerprint density at radius 1 is 1.19 bits per heavy atom. The van der Waals surface area contributed by atoms with Crippen LogP contribution in [0, 0.1) is 6.92 Å². The molecule has 1 rings (SSSR count). The zero-order valence-electron chi connectivity index (χ0n) is 13.1. The highest BCUT2D eigenvalue weighted by atomic mass is 32.1. The predicted octanol–water partition coefficient (Wildman–Crippen LogP) is 4.32. The first-order valence-electron chi connectivity index (χ1n) is 7.75. The Morgan fingerprint density at radius 2 is 1.86 bits per heavy atom. The van der Waals surface area contributed by atoms with E-state index in [1.165, 1.54) is 25.7 Å². The van der Waals surface area contributed by atoms with Crippen molar-refractivity contribution in [1.82, 2.24) is 0 Å². The Labute approximate surface area is 133 Å². The molecule has 21 heavy (non-hydrogen) atoms. The molecule has 0 spiro atoms. The van der Waals surface area contributed by atoms with Gasteiger partial charge in [-0.25, -0.2) is 0 Å². The number of thiocarbonyl (C=S) groups is 1. The van der Waals surface area contributed by atoms with Crippen molar-refractivity contribution in [3.8, 4) is 0 Å². The molecular formula is C17H26N2OS. The van der Waals surface area contributed by atoms with Crippen molar-refractivity contribution in [3.63, 3.8) is 0 Å². The van der Waals surface area contributed by atoms with E-state index in [2.05, 4.69) is 12.2 Å². The average Bonchev–Trinajstić information content (AvgIpc) is 2.44. The van der Waals surface area contributed by atoms with Crippen LogP contribution >= 0.6 is 12.2 Å². The topological polar surface area (TPSA) is 55.1 Å². The van der Waals surface area contributed by atoms with E-state index in [0.717, 1.165) is 29.7 Å². The van der Waals surface area contributed by atoms with Gasteiger partial charge in [-0.05, 0) is 25.0 Å². The van der Waals surface area contributed by atoms with Crippen LogP contribution in [0.2, 0.25) is 0 Å². The monoisotopic (exact) mass is 306 g/mol. The van der Waals surface area contributed by atoms with Gasteiger partial charge >= 0.3 is 0 Å². The van der Waals surface area contributed by atoms with Crippen LogP contribution in [0.1, 0.15) is 63.0 Å². The van der Waals surface area contributed by atoms with E-state index in [-0.39, 0.29) is 5.91 Å². The second-order valence-electron chi connectivity index (χ2n) is 5.46. The number of rotatable bonds is 9. The summed E-state index contributed by atoms with van der Waals surface area (Å²) in [4.78, 5) is 12.3. The molecule has 0 atom stereocenters. The summed E-state index contributed by atoms with van der Waals surface area (Å²) in [6.07, 6.45) is 7.67. The number of carbonyl (C=O) groups is 1. The zero-order chi connectivity index (χ0) is 15.7. The maximum absolute atomic E-state index is 12.0. The molecule has 0 unspecified atom stereocenters. The minimum atomic E-state index is 0.0636. The first-order chi connectivity index (χ1) is 10.0. The van der Waals surface area contributed by atoms with E-state index in [4.69, 9.17) is 18.0 Å². The zero-order valence-corrected chi connectivity index (χ0v) is 13.9. The number of benzene rings is 1. The summed E-state index contributed by atoms with van der Waals surface area (Å²) in [6, 6.07) is 5.65. The Hall–Kier alpha value is -1.42. The van der Waals surface area contributed by atoms with Crippen molar-refractivity contribution in [2.24, 2.45) is 5.73 Å². The van der Waals surface area contributed by atoms with Gasteiger partial charge in [0, 0.05) is 17.7 Å². The predicted molar refractivity (Wildman–Crippen MR) is 93.7 cm³/mol. The lowest BCUT2D eigenvalue weighted by Gasteiger charge is -2.10. The molecule has 0 heterocycles. The summed E-state index contributed by atoms with van der Waals surface area (Å²) in [5.41, 5.74) is 8.23. The lowest BCUT2D eigenvalue weighted by molar-refractivity contribution is -0.116. The first-order valence-corrected chi connectivity index (χ1v) is 8.15. The molecule has 0 radical (unpaired) electrons. The van der Waals surface area contributed by atoms with Gasteiger partial charge in [-0.1, -0.05) is 63.4 Å². The molecule has 0 fully saturated rings. The molecule has 0 bridgehead atoms. The number of amides is 1. The number of nitrogens with two attached hydrogens (primary N) is 1. The summed E-state index contributed by atoms with van der Waals surface area (Å²) < 4.78 is 0. The van der Waals surface area contributed by atoms with Crippen LogP contribution in [0.25, 0.3) is 0 Å². The maximum Gasteiger partial charge on any atom is 0.224 e. The average molecular weight is 306 g/mol. The molecule has 1 aromatic rings. The van der Waals surface area contributed by atoms with Gasteiger partial charge in [0.15, 0.2) is 0 Å². The molecule has 3 N–H and O–H groups in total. The third-order valence-corrected chi connectivity index (χ3v) is 3.79. The van der Waals surface area contributed by atoms with E-state index in [9.17, 15) is 4.79 Å². The van der Waals surface area contributed by atoms with Gasteiger partial charge in [0.25, 0.3) is 0 Å². The molecule has 0 aromatic heterocycles. The maximum atomic E-state index is 12.0. The fourth-order valence-electron chi connectivity index (χ4n) is 2.19. The molecule has 1 aromatic carbocycles. The number of anilines is 1. The third kappa shape index (κ3) is 6.71. The Bertz CT molecular complexity index is 486. The van der Waals surface area contributed by atoms with Crippen LogP contribution in [0.5, 0.6) is 0 Å². The molecule has 4 heteroatoms. The minimum Gasteiger partial charge on any atom is -0.389 e. The van der Waals surface area contributed by atoms with Crippen LogP contribution in [0.15, 0.2) is 18.2 Å². The second-order valence-corrected chi connectivity index (χ2v) is 5.90. The van der Waals surface area contributed by atoms with Crippen LogP contribution < -0.4 is 11.1 Å². The fourth-order valence-corrected chi connectivity index (χ4v) is 2.32. The van der Waals surface area contributed by atoms with Gasteiger partial charge in [-0.15, -0.1) is 0 Å². The number of carbonyl (C=O) groups excluding carboxylic acids is 1. The molecule has 0 saturated carbocycles. The summed E-state index contributed by atoms with van der Waals surface area (Å²) in [5, 5.41) is 2.95. The van der Waals surface area contributed by atoms with Gasteiger partial charge in [-0.2, -0.15) is 0 Å². The molecule has 0 aliphatic heterocycles. The van der Waals surface area contributed by atoms with Crippen molar-refractivity contribution >= 4 is 28.8 Å². The van der Waals surface area contributed by atoms with E-state index in [0.29, 0.717) is 11.4 Å². The smallest absolute Gasteiger partial charge is 0.224 e. The van der Waals surface area contributed by atoms with Crippen LogP contribution in [-0.2, 0) is 4.79 Å². The van der Waals surface area contributed by atoms with Crippen molar-refractivity contribution < 1.29 is 4.79 Å². The molecule has 0 aliphatic carbocycles. The summed E-state index contributed by atoms with van der Waals surface area (Å²) in [6.45, 7) is 4.17. The molecule has 116 valence electrons. The lowest BCUT2D eigenvalue weighted by Crippen LogP contribution is -2.14. The first kappa shape index (κ1) is 17.6. The van der Waals surface area contributed by atoms with Crippen LogP contribution in [-0.4, -0.2) is 10.9 Å². The number of aryl methyl sites for hydroxylation is 1. The van der Waals surface area contributed by atoms with E-state index in [1.807, 2.05) is 25.1 Å². The van der Waals surface area contributed by atoms with Crippen molar-refractivity contribution in [2.45, 2.75) is 58.8 Å². The Balaban J connectivity index is 2.40. The lowest BCUT2D eigenvalue weighted by atomic mass is 10.1. The van der Waals surface area contributed by atoms with E-state index >= 15 is 0 Å². The van der Waals surface area contributed by atoms with Crippen LogP contribution in [0.3, 0.4) is 0 Å². The van der Waals surface area contributed by atoms with Gasteiger partial charge < -0.3 is 11.1 Å². The van der Waals surface area contributed by atoms with E-state index in [1.54, 1.807) is 0 Å². The Kier molecular flexibility index (Phi) is 7.98. The van der Waals surface area contributed by atoms with Crippen LogP contribution in [0.4, 0.5) is 5.69 Å². The van der Waals surface area contributed by atoms with Crippen molar-refractivity contribution in [3.05, 3.63) is 29.3 Å². The molecule has 0 aliphatic rings. The van der Waals surface area contributed by atoms with Gasteiger partial charge in [0.05, 0.1) is 0 Å². The number of hydrogen-bond acceptors (Lipinski definition) is 2. The Morgan fingerprint density at radius 3 is 2.52 bits per heavy atom. The SMILES string of the molecule is CCCCCCCCC(=O)Nc1cc(C(N)=S)ccc1C.